The van der Waals surface area contributed by atoms with E-state index in [-0.39, 0.29) is 11.9 Å². The van der Waals surface area contributed by atoms with Gasteiger partial charge in [-0.1, -0.05) is 6.07 Å². The predicted molar refractivity (Wildman–Crippen MR) is 97.8 cm³/mol. The van der Waals surface area contributed by atoms with Crippen LogP contribution < -0.4 is 5.32 Å². The van der Waals surface area contributed by atoms with E-state index in [1.807, 2.05) is 61.3 Å². The fourth-order valence-corrected chi connectivity index (χ4v) is 2.37. The first-order valence-electron chi connectivity index (χ1n) is 7.23. The lowest BCUT2D eigenvalue weighted by atomic mass is 10.2. The maximum atomic E-state index is 12.3. The predicted octanol–water partition coefficient (Wildman–Crippen LogP) is 3.19. The summed E-state index contributed by atoms with van der Waals surface area (Å²) in [7, 11) is 1.96. The molecule has 2 rings (SSSR count). The number of anilines is 1. The van der Waals surface area contributed by atoms with Crippen molar-refractivity contribution in [2.24, 2.45) is 0 Å². The molecule has 1 heterocycles. The van der Waals surface area contributed by atoms with Crippen molar-refractivity contribution in [1.82, 2.24) is 9.88 Å². The molecule has 0 saturated heterocycles. The molecule has 0 aliphatic rings. The molecule has 1 amide bonds. The zero-order valence-electron chi connectivity index (χ0n) is 12.8. The number of carbonyl (C=O) groups is 1. The highest BCUT2D eigenvalue weighted by atomic mass is 127. The Labute approximate surface area is 145 Å². The largest absolute Gasteiger partial charge is 0.325 e. The third kappa shape index (κ3) is 5.06. The zero-order valence-corrected chi connectivity index (χ0v) is 14.9. The van der Waals surface area contributed by atoms with Crippen LogP contribution in [0.25, 0.3) is 0 Å². The van der Waals surface area contributed by atoms with Crippen molar-refractivity contribution in [2.45, 2.75) is 19.4 Å². The van der Waals surface area contributed by atoms with Crippen LogP contribution in [-0.2, 0) is 11.2 Å². The molecule has 22 heavy (non-hydrogen) atoms. The van der Waals surface area contributed by atoms with Gasteiger partial charge >= 0.3 is 0 Å². The molecule has 0 radical (unpaired) electrons. The van der Waals surface area contributed by atoms with E-state index in [1.165, 1.54) is 0 Å². The summed E-state index contributed by atoms with van der Waals surface area (Å²) in [4.78, 5) is 18.6. The number of carbonyl (C=O) groups excluding carboxylic acids is 1. The van der Waals surface area contributed by atoms with E-state index in [1.54, 1.807) is 6.20 Å². The highest BCUT2D eigenvalue weighted by Gasteiger charge is 2.17. The molecule has 0 fully saturated rings. The molecule has 5 heteroatoms. The lowest BCUT2D eigenvalue weighted by Crippen LogP contribution is -2.40. The molecule has 116 valence electrons. The SMILES string of the molecule is CC(C(=O)Nc1ccc(I)cc1)N(C)CCc1ccccn1. The van der Waals surface area contributed by atoms with Gasteiger partial charge in [-0.25, -0.2) is 0 Å². The number of amides is 1. The van der Waals surface area contributed by atoms with E-state index in [0.29, 0.717) is 0 Å². The number of benzene rings is 1. The van der Waals surface area contributed by atoms with Crippen LogP contribution in [0.2, 0.25) is 0 Å². The summed E-state index contributed by atoms with van der Waals surface area (Å²) in [5.41, 5.74) is 1.87. The Hall–Kier alpha value is -1.47. The molecule has 0 bridgehead atoms. The van der Waals surface area contributed by atoms with E-state index in [0.717, 1.165) is 27.9 Å². The van der Waals surface area contributed by atoms with Crippen molar-refractivity contribution in [3.8, 4) is 0 Å². The fraction of sp³-hybridized carbons (Fsp3) is 0.294. The van der Waals surface area contributed by atoms with E-state index in [9.17, 15) is 4.79 Å². The number of aromatic nitrogens is 1. The highest BCUT2D eigenvalue weighted by molar-refractivity contribution is 14.1. The van der Waals surface area contributed by atoms with Gasteiger partial charge in [-0.05, 0) is 73.0 Å². The van der Waals surface area contributed by atoms with Crippen LogP contribution in [0.4, 0.5) is 5.69 Å². The van der Waals surface area contributed by atoms with Gasteiger partial charge in [-0.15, -0.1) is 0 Å². The second-order valence-corrected chi connectivity index (χ2v) is 6.47. The molecule has 0 aliphatic heterocycles. The molecule has 1 N–H and O–H groups in total. The maximum Gasteiger partial charge on any atom is 0.241 e. The van der Waals surface area contributed by atoms with Crippen molar-refractivity contribution >= 4 is 34.2 Å². The molecule has 0 aliphatic carbocycles. The van der Waals surface area contributed by atoms with Crippen molar-refractivity contribution in [3.63, 3.8) is 0 Å². The van der Waals surface area contributed by atoms with Crippen molar-refractivity contribution in [3.05, 3.63) is 57.9 Å². The van der Waals surface area contributed by atoms with Gasteiger partial charge in [0.15, 0.2) is 0 Å². The summed E-state index contributed by atoms with van der Waals surface area (Å²) in [6.45, 7) is 2.71. The second-order valence-electron chi connectivity index (χ2n) is 5.22. The third-order valence-corrected chi connectivity index (χ3v) is 4.32. The number of hydrogen-bond donors (Lipinski definition) is 1. The quantitative estimate of drug-likeness (QED) is 0.746. The van der Waals surface area contributed by atoms with Crippen LogP contribution in [0.1, 0.15) is 12.6 Å². The van der Waals surface area contributed by atoms with Crippen molar-refractivity contribution in [2.75, 3.05) is 18.9 Å². The number of rotatable bonds is 6. The van der Waals surface area contributed by atoms with Gasteiger partial charge in [0.2, 0.25) is 5.91 Å². The minimum absolute atomic E-state index is 0.00438. The molecule has 2 aromatic rings. The van der Waals surface area contributed by atoms with E-state index in [2.05, 4.69) is 32.9 Å². The summed E-state index contributed by atoms with van der Waals surface area (Å²) in [5, 5.41) is 2.95. The lowest BCUT2D eigenvalue weighted by molar-refractivity contribution is -0.120. The first kappa shape index (κ1) is 16.9. The standard InChI is InChI=1S/C17H20IN3O/c1-13(17(22)20-16-8-6-14(18)7-9-16)21(2)12-10-15-5-3-4-11-19-15/h3-9,11,13H,10,12H2,1-2H3,(H,20,22). The van der Waals surface area contributed by atoms with Gasteiger partial charge in [0.1, 0.15) is 0 Å². The van der Waals surface area contributed by atoms with Crippen LogP contribution in [0, 0.1) is 3.57 Å². The van der Waals surface area contributed by atoms with E-state index < -0.39 is 0 Å². The van der Waals surface area contributed by atoms with Gasteiger partial charge in [-0.2, -0.15) is 0 Å². The van der Waals surface area contributed by atoms with Gasteiger partial charge in [0, 0.05) is 34.1 Å². The Morgan fingerprint density at radius 3 is 2.64 bits per heavy atom. The van der Waals surface area contributed by atoms with Crippen LogP contribution in [-0.4, -0.2) is 35.4 Å². The Kier molecular flexibility index (Phi) is 6.33. The molecule has 1 aromatic heterocycles. The third-order valence-electron chi connectivity index (χ3n) is 3.60. The lowest BCUT2D eigenvalue weighted by Gasteiger charge is -2.23. The Bertz CT molecular complexity index is 601. The number of likely N-dealkylation sites (N-methyl/N-ethyl adjacent to an activating group) is 1. The second kappa shape index (κ2) is 8.24. The molecule has 0 spiro atoms. The normalized spacial score (nSPS) is 12.2. The van der Waals surface area contributed by atoms with Gasteiger partial charge < -0.3 is 5.32 Å². The van der Waals surface area contributed by atoms with Gasteiger partial charge in [0.25, 0.3) is 0 Å². The van der Waals surface area contributed by atoms with E-state index >= 15 is 0 Å². The summed E-state index contributed by atoms with van der Waals surface area (Å²) in [6, 6.07) is 13.5. The number of nitrogens with zero attached hydrogens (tertiary/aromatic N) is 2. The summed E-state index contributed by atoms with van der Waals surface area (Å²) in [5.74, 6) is 0.00438. The number of hydrogen-bond acceptors (Lipinski definition) is 3. The molecule has 1 unspecified atom stereocenters. The summed E-state index contributed by atoms with van der Waals surface area (Å²) < 4.78 is 1.15. The van der Waals surface area contributed by atoms with Crippen LogP contribution in [0.5, 0.6) is 0 Å². The molecular formula is C17H20IN3O. The van der Waals surface area contributed by atoms with Gasteiger partial charge in [-0.3, -0.25) is 14.7 Å². The topological polar surface area (TPSA) is 45.2 Å². The van der Waals surface area contributed by atoms with Crippen LogP contribution >= 0.6 is 22.6 Å². The number of nitrogens with one attached hydrogen (secondary N) is 1. The van der Waals surface area contributed by atoms with Crippen LogP contribution in [0.15, 0.2) is 48.7 Å². The van der Waals surface area contributed by atoms with Gasteiger partial charge in [0.05, 0.1) is 6.04 Å². The Balaban J connectivity index is 1.85. The highest BCUT2D eigenvalue weighted by Crippen LogP contribution is 2.12. The smallest absolute Gasteiger partial charge is 0.241 e. The van der Waals surface area contributed by atoms with E-state index in [4.69, 9.17) is 0 Å². The fourth-order valence-electron chi connectivity index (χ4n) is 2.01. The monoisotopic (exact) mass is 409 g/mol. The molecule has 1 atom stereocenters. The van der Waals surface area contributed by atoms with Crippen molar-refractivity contribution in [1.29, 1.82) is 0 Å². The average Bonchev–Trinajstić information content (AvgIpc) is 2.55. The maximum absolute atomic E-state index is 12.3. The first-order valence-corrected chi connectivity index (χ1v) is 8.30. The van der Waals surface area contributed by atoms with Crippen molar-refractivity contribution < 1.29 is 4.79 Å². The minimum Gasteiger partial charge on any atom is -0.325 e. The summed E-state index contributed by atoms with van der Waals surface area (Å²) in [6.07, 6.45) is 2.63. The molecule has 1 aromatic carbocycles. The average molecular weight is 409 g/mol. The summed E-state index contributed by atoms with van der Waals surface area (Å²) >= 11 is 2.24. The molecule has 4 nitrogen and oxygen atoms in total. The molecule has 0 saturated carbocycles. The number of halogens is 1. The number of pyridine rings is 1. The Morgan fingerprint density at radius 2 is 2.00 bits per heavy atom. The molecular weight excluding hydrogens is 389 g/mol. The Morgan fingerprint density at radius 1 is 1.27 bits per heavy atom. The minimum atomic E-state index is -0.192. The first-order chi connectivity index (χ1) is 10.6. The zero-order chi connectivity index (χ0) is 15.9. The van der Waals surface area contributed by atoms with Crippen LogP contribution in [0.3, 0.4) is 0 Å².